The topological polar surface area (TPSA) is 123 Å². The van der Waals surface area contributed by atoms with Crippen molar-refractivity contribution in [2.45, 2.75) is 58.5 Å². The molecule has 2 aromatic rings. The molecule has 0 aliphatic carbocycles. The zero-order valence-corrected chi connectivity index (χ0v) is 24.3. The predicted octanol–water partition coefficient (Wildman–Crippen LogP) is 4.55. The smallest absolute Gasteiger partial charge is 0.416 e. The molecule has 5 amide bonds. The minimum Gasteiger partial charge on any atom is -0.488 e. The van der Waals surface area contributed by atoms with Crippen molar-refractivity contribution >= 4 is 29.3 Å². The van der Waals surface area contributed by atoms with Crippen molar-refractivity contribution in [1.82, 2.24) is 15.1 Å². The Balaban J connectivity index is 1.83. The molecule has 0 saturated carbocycles. The van der Waals surface area contributed by atoms with Crippen LogP contribution in [0.4, 0.5) is 34.1 Å². The van der Waals surface area contributed by atoms with Gasteiger partial charge in [-0.25, -0.2) is 9.59 Å². The molecule has 1 heterocycles. The van der Waals surface area contributed by atoms with E-state index in [0.29, 0.717) is 17.0 Å². The Hall–Kier alpha value is -4.00. The van der Waals surface area contributed by atoms with Gasteiger partial charge in [-0.15, -0.1) is 0 Å². The second-order valence-electron chi connectivity index (χ2n) is 10.8. The molecule has 0 unspecified atom stereocenters. The van der Waals surface area contributed by atoms with Gasteiger partial charge in [-0.1, -0.05) is 6.92 Å². The molecule has 3 atom stereocenters. The first-order valence-electron chi connectivity index (χ1n) is 13.6. The number of ether oxygens (including phenoxy) is 1. The summed E-state index contributed by atoms with van der Waals surface area (Å²) in [5.41, 5.74) is 0.356. The lowest BCUT2D eigenvalue weighted by Crippen LogP contribution is -2.48. The molecule has 10 nitrogen and oxygen atoms in total. The molecule has 42 heavy (non-hydrogen) atoms. The molecular weight excluding hydrogens is 555 g/mol. The van der Waals surface area contributed by atoms with Gasteiger partial charge in [-0.2, -0.15) is 13.2 Å². The Morgan fingerprint density at radius 3 is 2.33 bits per heavy atom. The molecule has 0 aromatic heterocycles. The quantitative estimate of drug-likeness (QED) is 0.375. The van der Waals surface area contributed by atoms with Gasteiger partial charge in [-0.05, 0) is 63.2 Å². The van der Waals surface area contributed by atoms with Crippen molar-refractivity contribution in [3.05, 3.63) is 53.6 Å². The van der Waals surface area contributed by atoms with Crippen LogP contribution in [-0.2, 0) is 17.4 Å². The van der Waals surface area contributed by atoms with Crippen LogP contribution in [-0.4, -0.2) is 77.8 Å². The summed E-state index contributed by atoms with van der Waals surface area (Å²) >= 11 is 0. The number of benzene rings is 2. The summed E-state index contributed by atoms with van der Waals surface area (Å²) in [5, 5.41) is 17.9. The molecule has 0 bridgehead atoms. The van der Waals surface area contributed by atoms with Crippen LogP contribution in [0.5, 0.6) is 5.75 Å². The fraction of sp³-hybridized carbons (Fsp3) is 0.483. The summed E-state index contributed by atoms with van der Waals surface area (Å²) in [4.78, 5) is 41.4. The third kappa shape index (κ3) is 8.75. The number of aliphatic hydroxyl groups is 1. The third-order valence-electron chi connectivity index (χ3n) is 6.86. The monoisotopic (exact) mass is 593 g/mol. The minimum absolute atomic E-state index is 0.0370. The number of alkyl halides is 3. The average molecular weight is 594 g/mol. The zero-order chi connectivity index (χ0) is 31.2. The number of fused-ring (bicyclic) bond motifs is 1. The number of carbonyl (C=O) groups excluding carboxylic acids is 3. The second-order valence-corrected chi connectivity index (χ2v) is 10.8. The Bertz CT molecular complexity index is 1260. The van der Waals surface area contributed by atoms with E-state index in [1.54, 1.807) is 30.0 Å². The maximum absolute atomic E-state index is 13.3. The number of aliphatic hydroxyl groups excluding tert-OH is 1. The zero-order valence-electron chi connectivity index (χ0n) is 24.3. The number of rotatable bonds is 7. The highest BCUT2D eigenvalue weighted by molar-refractivity contribution is 5.90. The number of halogens is 3. The van der Waals surface area contributed by atoms with Crippen LogP contribution < -0.4 is 20.7 Å². The highest BCUT2D eigenvalue weighted by atomic mass is 19.4. The van der Waals surface area contributed by atoms with Crippen LogP contribution in [0.25, 0.3) is 0 Å². The van der Waals surface area contributed by atoms with Crippen LogP contribution in [0.1, 0.15) is 38.8 Å². The van der Waals surface area contributed by atoms with Crippen molar-refractivity contribution in [1.29, 1.82) is 0 Å². The van der Waals surface area contributed by atoms with Gasteiger partial charge in [-0.3, -0.25) is 4.79 Å². The Kier molecular flexibility index (Phi) is 10.7. The fourth-order valence-electron chi connectivity index (χ4n) is 4.47. The molecule has 1 aliphatic heterocycles. The number of anilines is 2. The highest BCUT2D eigenvalue weighted by Crippen LogP contribution is 2.31. The van der Waals surface area contributed by atoms with Crippen LogP contribution in [0, 0.1) is 5.92 Å². The van der Waals surface area contributed by atoms with Crippen molar-refractivity contribution in [3.8, 4) is 5.75 Å². The van der Waals surface area contributed by atoms with Crippen molar-refractivity contribution < 1.29 is 37.4 Å². The van der Waals surface area contributed by atoms with E-state index in [-0.39, 0.29) is 49.7 Å². The van der Waals surface area contributed by atoms with Crippen LogP contribution >= 0.6 is 0 Å². The first-order chi connectivity index (χ1) is 19.7. The molecule has 230 valence electrons. The lowest BCUT2D eigenvalue weighted by Gasteiger charge is -2.34. The second kappa shape index (κ2) is 13.8. The minimum atomic E-state index is -4.49. The van der Waals surface area contributed by atoms with E-state index in [1.807, 2.05) is 20.8 Å². The number of nitrogens with zero attached hydrogens (tertiary/aromatic N) is 2. The molecule has 2 aromatic carbocycles. The summed E-state index contributed by atoms with van der Waals surface area (Å²) in [6.45, 7) is 7.34. The van der Waals surface area contributed by atoms with E-state index in [9.17, 15) is 32.7 Å². The number of urea groups is 2. The summed E-state index contributed by atoms with van der Waals surface area (Å²) in [6.07, 6.45) is -5.13. The highest BCUT2D eigenvalue weighted by Gasteiger charge is 2.32. The summed E-state index contributed by atoms with van der Waals surface area (Å²) in [5.74, 6) is -0.110. The van der Waals surface area contributed by atoms with E-state index in [4.69, 9.17) is 4.74 Å². The molecule has 0 radical (unpaired) electrons. The molecule has 0 spiro atoms. The molecule has 0 fully saturated rings. The SMILES string of the molecule is CC(C)NC(=O)Nc1ccc2c(c1)CC(=O)N([C@@H](C)CO)C[C@@H](C)[C@H](CN(C)C(=O)Nc1ccc(C(F)(F)F)cc1)O2. The third-order valence-corrected chi connectivity index (χ3v) is 6.86. The van der Waals surface area contributed by atoms with Crippen LogP contribution in [0.2, 0.25) is 0 Å². The summed E-state index contributed by atoms with van der Waals surface area (Å²) in [7, 11) is 1.53. The molecule has 1 aliphatic rings. The Morgan fingerprint density at radius 1 is 1.10 bits per heavy atom. The van der Waals surface area contributed by atoms with Gasteiger partial charge in [0.25, 0.3) is 0 Å². The van der Waals surface area contributed by atoms with Crippen molar-refractivity contribution in [3.63, 3.8) is 0 Å². The molecule has 3 rings (SSSR count). The van der Waals surface area contributed by atoms with Gasteiger partial charge in [0, 0.05) is 42.5 Å². The van der Waals surface area contributed by atoms with E-state index in [0.717, 1.165) is 12.1 Å². The Morgan fingerprint density at radius 2 is 1.74 bits per heavy atom. The van der Waals surface area contributed by atoms with E-state index >= 15 is 0 Å². The fourth-order valence-corrected chi connectivity index (χ4v) is 4.47. The summed E-state index contributed by atoms with van der Waals surface area (Å²) in [6, 6.07) is 7.59. The number of likely N-dealkylation sites (N-methyl/N-ethyl adjacent to an activating group) is 1. The average Bonchev–Trinajstić information content (AvgIpc) is 2.95. The van der Waals surface area contributed by atoms with Gasteiger partial charge in [0.2, 0.25) is 5.91 Å². The van der Waals surface area contributed by atoms with Gasteiger partial charge < -0.3 is 35.6 Å². The van der Waals surface area contributed by atoms with Gasteiger partial charge >= 0.3 is 18.2 Å². The van der Waals surface area contributed by atoms with E-state index < -0.39 is 35.9 Å². The molecular formula is C29H38F3N5O5. The maximum atomic E-state index is 13.3. The molecule has 0 saturated heterocycles. The number of carbonyl (C=O) groups is 3. The molecule has 13 heteroatoms. The van der Waals surface area contributed by atoms with Gasteiger partial charge in [0.05, 0.1) is 31.2 Å². The lowest BCUT2D eigenvalue weighted by atomic mass is 10.0. The molecule has 4 N–H and O–H groups in total. The van der Waals surface area contributed by atoms with Crippen molar-refractivity contribution in [2.24, 2.45) is 5.92 Å². The number of hydrogen-bond donors (Lipinski definition) is 4. The van der Waals surface area contributed by atoms with Gasteiger partial charge in [0.1, 0.15) is 11.9 Å². The van der Waals surface area contributed by atoms with Crippen LogP contribution in [0.3, 0.4) is 0 Å². The largest absolute Gasteiger partial charge is 0.488 e. The van der Waals surface area contributed by atoms with Gasteiger partial charge in [0.15, 0.2) is 0 Å². The predicted molar refractivity (Wildman–Crippen MR) is 152 cm³/mol. The number of hydrogen-bond acceptors (Lipinski definition) is 5. The van der Waals surface area contributed by atoms with Crippen LogP contribution in [0.15, 0.2) is 42.5 Å². The normalized spacial score (nSPS) is 18.1. The van der Waals surface area contributed by atoms with Crippen molar-refractivity contribution in [2.75, 3.05) is 37.4 Å². The summed E-state index contributed by atoms with van der Waals surface area (Å²) < 4.78 is 45.0. The first kappa shape index (κ1) is 32.5. The number of amides is 5. The number of nitrogens with one attached hydrogen (secondary N) is 3. The first-order valence-corrected chi connectivity index (χ1v) is 13.6. The maximum Gasteiger partial charge on any atom is 0.416 e. The Labute approximate surface area is 243 Å². The van der Waals surface area contributed by atoms with E-state index in [2.05, 4.69) is 16.0 Å². The van der Waals surface area contributed by atoms with E-state index in [1.165, 1.54) is 24.1 Å². The standard InChI is InChI=1S/C29H38F3N5O5/c1-17(2)33-27(40)34-23-10-11-24-20(12-23)13-26(39)37(19(4)16-38)14-18(3)25(42-24)15-36(5)28(41)35-22-8-6-21(7-9-22)29(30,31)32/h6-12,17-19,25,38H,13-16H2,1-5H3,(H,35,41)(H2,33,34,40)/t18-,19+,25+/m1/s1. The lowest BCUT2D eigenvalue weighted by molar-refractivity contribution is -0.137.